The number of nitrogens with zero attached hydrogens (tertiary/aromatic N) is 1. The first-order chi connectivity index (χ1) is 8.93. The summed E-state index contributed by atoms with van der Waals surface area (Å²) < 4.78 is 23.8. The molecule has 0 aliphatic rings. The minimum absolute atomic E-state index is 0.224. The molecule has 1 unspecified atom stereocenters. The summed E-state index contributed by atoms with van der Waals surface area (Å²) in [5.41, 5.74) is -0.459. The Labute approximate surface area is 124 Å². The highest BCUT2D eigenvalue weighted by atomic mass is 31.2. The van der Waals surface area contributed by atoms with E-state index in [0.29, 0.717) is 13.2 Å². The molecule has 0 bridgehead atoms. The number of aliphatic imine (C=N–C) groups is 1. The number of hydrogen-bond donors (Lipinski definition) is 1. The second-order valence-electron chi connectivity index (χ2n) is 6.66. The van der Waals surface area contributed by atoms with Crippen LogP contribution in [0.1, 0.15) is 55.4 Å². The van der Waals surface area contributed by atoms with Crippen LogP contribution in [0.4, 0.5) is 0 Å². The van der Waals surface area contributed by atoms with Crippen molar-refractivity contribution in [3.63, 3.8) is 0 Å². The first-order valence-electron chi connectivity index (χ1n) is 7.15. The van der Waals surface area contributed by atoms with Gasteiger partial charge in [0.2, 0.25) is 0 Å². The molecule has 0 radical (unpaired) electrons. The molecule has 0 amide bonds. The fourth-order valence-electron chi connectivity index (χ4n) is 1.49. The van der Waals surface area contributed by atoms with Gasteiger partial charge in [-0.3, -0.25) is 14.9 Å². The summed E-state index contributed by atoms with van der Waals surface area (Å²) in [6, 6.07) is 0. The topological polar surface area (TPSA) is 59.9 Å². The van der Waals surface area contributed by atoms with Crippen molar-refractivity contribution >= 4 is 13.8 Å². The third-order valence-corrected chi connectivity index (χ3v) is 4.32. The van der Waals surface area contributed by atoms with Crippen LogP contribution in [-0.2, 0) is 13.6 Å². The van der Waals surface area contributed by atoms with Crippen molar-refractivity contribution in [2.45, 2.75) is 72.3 Å². The Balaban J connectivity index is 5.36. The minimum Gasteiger partial charge on any atom is -0.308 e. The minimum atomic E-state index is -3.27. The highest BCUT2D eigenvalue weighted by molar-refractivity contribution is 7.55. The molecule has 5 nitrogen and oxygen atoms in total. The summed E-state index contributed by atoms with van der Waals surface area (Å²) in [6.45, 7) is 16.3. The lowest BCUT2D eigenvalue weighted by Crippen LogP contribution is -2.45. The van der Waals surface area contributed by atoms with E-state index in [2.05, 4.69) is 10.3 Å². The predicted octanol–water partition coefficient (Wildman–Crippen LogP) is 3.84. The van der Waals surface area contributed by atoms with Crippen molar-refractivity contribution in [2.24, 2.45) is 4.99 Å². The average molecular weight is 306 g/mol. The van der Waals surface area contributed by atoms with Crippen LogP contribution in [0.2, 0.25) is 0 Å². The fourth-order valence-corrected chi connectivity index (χ4v) is 3.38. The van der Waals surface area contributed by atoms with E-state index in [-0.39, 0.29) is 11.1 Å². The van der Waals surface area contributed by atoms with E-state index in [9.17, 15) is 4.57 Å². The van der Waals surface area contributed by atoms with Gasteiger partial charge in [-0.1, -0.05) is 0 Å². The van der Waals surface area contributed by atoms with Crippen molar-refractivity contribution in [1.29, 1.82) is 0 Å². The summed E-state index contributed by atoms with van der Waals surface area (Å²) in [5, 5.41) is 3.28. The zero-order valence-corrected chi connectivity index (χ0v) is 15.1. The van der Waals surface area contributed by atoms with Crippen LogP contribution < -0.4 is 5.32 Å². The molecule has 120 valence electrons. The zero-order valence-electron chi connectivity index (χ0n) is 14.2. The molecule has 1 N–H and O–H groups in total. The van der Waals surface area contributed by atoms with Gasteiger partial charge in [0, 0.05) is 11.8 Å². The van der Waals surface area contributed by atoms with Crippen LogP contribution in [0.3, 0.4) is 0 Å². The maximum absolute atomic E-state index is 12.9. The Morgan fingerprint density at radius 3 is 1.85 bits per heavy atom. The van der Waals surface area contributed by atoms with Crippen molar-refractivity contribution in [3.8, 4) is 0 Å². The van der Waals surface area contributed by atoms with Gasteiger partial charge < -0.3 is 9.05 Å². The van der Waals surface area contributed by atoms with E-state index >= 15 is 0 Å². The lowest BCUT2D eigenvalue weighted by atomic mass is 10.1. The molecule has 20 heavy (non-hydrogen) atoms. The third kappa shape index (κ3) is 8.15. The normalized spacial score (nSPS) is 15.8. The SMILES string of the molecule is CCOP(=O)(OCC)C(C=NC(C)(C)C)NC(C)(C)C. The van der Waals surface area contributed by atoms with E-state index < -0.39 is 13.4 Å². The molecular weight excluding hydrogens is 275 g/mol. The molecule has 0 aliphatic carbocycles. The Morgan fingerprint density at radius 2 is 1.55 bits per heavy atom. The Kier molecular flexibility index (Phi) is 7.61. The largest absolute Gasteiger partial charge is 0.352 e. The second kappa shape index (κ2) is 7.69. The highest BCUT2D eigenvalue weighted by Gasteiger charge is 2.37. The summed E-state index contributed by atoms with van der Waals surface area (Å²) >= 11 is 0. The molecule has 0 aromatic rings. The van der Waals surface area contributed by atoms with Gasteiger partial charge in [0.05, 0.1) is 18.8 Å². The smallest absolute Gasteiger partial charge is 0.308 e. The van der Waals surface area contributed by atoms with Gasteiger partial charge in [-0.15, -0.1) is 0 Å². The molecule has 1 atom stereocenters. The van der Waals surface area contributed by atoms with Gasteiger partial charge in [-0.25, -0.2) is 0 Å². The van der Waals surface area contributed by atoms with E-state index in [0.717, 1.165) is 0 Å². The van der Waals surface area contributed by atoms with Crippen molar-refractivity contribution in [2.75, 3.05) is 13.2 Å². The molecule has 0 spiro atoms. The number of nitrogens with one attached hydrogen (secondary N) is 1. The van der Waals surface area contributed by atoms with Gasteiger partial charge in [0.15, 0.2) is 0 Å². The van der Waals surface area contributed by atoms with Gasteiger partial charge in [-0.05, 0) is 55.4 Å². The summed E-state index contributed by atoms with van der Waals surface area (Å²) in [5.74, 6) is -0.554. The van der Waals surface area contributed by atoms with E-state index in [1.165, 1.54) is 0 Å². The molecule has 0 heterocycles. The molecular formula is C14H31N2O3P. The van der Waals surface area contributed by atoms with Gasteiger partial charge >= 0.3 is 7.60 Å². The maximum Gasteiger partial charge on any atom is 0.352 e. The van der Waals surface area contributed by atoms with Gasteiger partial charge in [0.1, 0.15) is 5.78 Å². The Bertz CT molecular complexity index is 346. The first-order valence-corrected chi connectivity index (χ1v) is 8.76. The first kappa shape index (κ1) is 19.8. The van der Waals surface area contributed by atoms with Crippen LogP contribution in [0, 0.1) is 0 Å². The summed E-state index contributed by atoms with van der Waals surface area (Å²) in [7, 11) is -3.27. The molecule has 0 fully saturated rings. The van der Waals surface area contributed by atoms with Crippen LogP contribution in [-0.4, -0.2) is 36.3 Å². The number of rotatable bonds is 7. The molecule has 0 saturated heterocycles. The Morgan fingerprint density at radius 1 is 1.10 bits per heavy atom. The van der Waals surface area contributed by atoms with Crippen molar-refractivity contribution in [1.82, 2.24) is 5.32 Å². The third-order valence-electron chi connectivity index (χ3n) is 2.14. The summed E-state index contributed by atoms with van der Waals surface area (Å²) in [6.07, 6.45) is 1.66. The second-order valence-corrected chi connectivity index (χ2v) is 8.82. The quantitative estimate of drug-likeness (QED) is 0.573. The molecule has 6 heteroatoms. The average Bonchev–Trinajstić information content (AvgIpc) is 2.22. The Hall–Kier alpha value is -0.220. The van der Waals surface area contributed by atoms with E-state index in [4.69, 9.17) is 9.05 Å². The fraction of sp³-hybridized carbons (Fsp3) is 0.929. The predicted molar refractivity (Wildman–Crippen MR) is 85.8 cm³/mol. The maximum atomic E-state index is 12.9. The van der Waals surface area contributed by atoms with E-state index in [1.54, 1.807) is 20.1 Å². The van der Waals surface area contributed by atoms with Crippen molar-refractivity contribution < 1.29 is 13.6 Å². The van der Waals surface area contributed by atoms with Crippen LogP contribution >= 0.6 is 7.60 Å². The van der Waals surface area contributed by atoms with Gasteiger partial charge in [-0.2, -0.15) is 0 Å². The van der Waals surface area contributed by atoms with Crippen molar-refractivity contribution in [3.05, 3.63) is 0 Å². The van der Waals surface area contributed by atoms with Crippen LogP contribution in [0.5, 0.6) is 0 Å². The highest BCUT2D eigenvalue weighted by Crippen LogP contribution is 2.51. The molecule has 0 aromatic heterocycles. The lowest BCUT2D eigenvalue weighted by Gasteiger charge is -2.31. The molecule has 0 saturated carbocycles. The molecule has 0 rings (SSSR count). The monoisotopic (exact) mass is 306 g/mol. The number of hydrogen-bond acceptors (Lipinski definition) is 5. The van der Waals surface area contributed by atoms with Gasteiger partial charge in [0.25, 0.3) is 0 Å². The molecule has 0 aromatic carbocycles. The lowest BCUT2D eigenvalue weighted by molar-refractivity contribution is 0.209. The van der Waals surface area contributed by atoms with Crippen LogP contribution in [0.15, 0.2) is 4.99 Å². The zero-order chi connectivity index (χ0) is 16.0. The standard InChI is InChI=1S/C14H31N2O3P/c1-9-18-20(17,19-10-2)12(16-14(6,7)8)11-15-13(3,4)5/h11-12,16H,9-10H2,1-8H3. The molecule has 0 aliphatic heterocycles. The summed E-state index contributed by atoms with van der Waals surface area (Å²) in [4.78, 5) is 4.45. The van der Waals surface area contributed by atoms with Crippen LogP contribution in [0.25, 0.3) is 0 Å². The van der Waals surface area contributed by atoms with E-state index in [1.807, 2.05) is 41.5 Å².